The minimum absolute atomic E-state index is 0.0570. The molecule has 2 aromatic carbocycles. The number of hydrogen-bond donors (Lipinski definition) is 0. The fraction of sp³-hybridized carbons (Fsp3) is 0.211. The first-order valence-electron chi connectivity index (χ1n) is 7.90. The van der Waals surface area contributed by atoms with Crippen molar-refractivity contribution < 1.29 is 9.59 Å². The third-order valence-corrected chi connectivity index (χ3v) is 5.14. The molecule has 25 heavy (non-hydrogen) atoms. The lowest BCUT2D eigenvalue weighted by molar-refractivity contribution is -0.130. The summed E-state index contributed by atoms with van der Waals surface area (Å²) in [5.41, 5.74) is 1.52. The van der Waals surface area contributed by atoms with Crippen LogP contribution in [0.2, 0.25) is 5.02 Å². The molecule has 3 rings (SSSR count). The lowest BCUT2D eigenvalue weighted by Crippen LogP contribution is -2.26. The van der Waals surface area contributed by atoms with E-state index in [0.29, 0.717) is 17.1 Å². The minimum atomic E-state index is -0.0680. The van der Waals surface area contributed by atoms with Crippen LogP contribution in [-0.2, 0) is 11.3 Å². The third kappa shape index (κ3) is 4.44. The van der Waals surface area contributed by atoms with Crippen LogP contribution in [0.1, 0.15) is 28.2 Å². The molecule has 0 N–H and O–H groups in total. The number of carbonyl (C=O) groups is 2. The highest BCUT2D eigenvalue weighted by Crippen LogP contribution is 2.22. The number of aromatic nitrogens is 1. The summed E-state index contributed by atoms with van der Waals surface area (Å²) in [7, 11) is 1.74. The summed E-state index contributed by atoms with van der Waals surface area (Å²) in [4.78, 5) is 30.6. The van der Waals surface area contributed by atoms with Crippen molar-refractivity contribution in [2.75, 3.05) is 7.05 Å². The van der Waals surface area contributed by atoms with Gasteiger partial charge in [0.1, 0.15) is 5.01 Å². The molecule has 0 aliphatic carbocycles. The number of carbonyl (C=O) groups excluding carboxylic acids is 2. The summed E-state index contributed by atoms with van der Waals surface area (Å²) in [5, 5.41) is 1.48. The normalized spacial score (nSPS) is 10.8. The Morgan fingerprint density at radius 2 is 1.80 bits per heavy atom. The van der Waals surface area contributed by atoms with Gasteiger partial charge >= 0.3 is 0 Å². The molecule has 0 unspecified atom stereocenters. The van der Waals surface area contributed by atoms with Gasteiger partial charge < -0.3 is 4.90 Å². The Bertz CT molecular complexity index is 872. The number of nitrogens with zero attached hydrogens (tertiary/aromatic N) is 2. The molecular formula is C19H17ClN2O2S. The molecule has 0 saturated carbocycles. The van der Waals surface area contributed by atoms with Crippen molar-refractivity contribution in [1.82, 2.24) is 9.88 Å². The molecule has 1 amide bonds. The first-order valence-corrected chi connectivity index (χ1v) is 9.09. The maximum absolute atomic E-state index is 12.3. The van der Waals surface area contributed by atoms with Crippen LogP contribution >= 0.6 is 22.9 Å². The Balaban J connectivity index is 1.55. The van der Waals surface area contributed by atoms with Crippen LogP contribution in [0.15, 0.2) is 48.5 Å². The van der Waals surface area contributed by atoms with E-state index in [0.717, 1.165) is 15.2 Å². The van der Waals surface area contributed by atoms with Crippen molar-refractivity contribution in [2.45, 2.75) is 19.4 Å². The molecular weight excluding hydrogens is 356 g/mol. The Morgan fingerprint density at radius 1 is 1.08 bits per heavy atom. The molecule has 0 fully saturated rings. The van der Waals surface area contributed by atoms with E-state index in [1.807, 2.05) is 24.3 Å². The molecule has 0 radical (unpaired) electrons. The Labute approximate surface area is 155 Å². The molecule has 128 valence electrons. The number of fused-ring (bicyclic) bond motifs is 1. The van der Waals surface area contributed by atoms with Gasteiger partial charge in [-0.05, 0) is 36.4 Å². The van der Waals surface area contributed by atoms with Crippen molar-refractivity contribution in [3.8, 4) is 0 Å². The van der Waals surface area contributed by atoms with Crippen LogP contribution in [0.4, 0.5) is 0 Å². The standard InChI is InChI=1S/C19H17ClN2O2S/c1-22(12-18-21-15-4-2-3-5-17(15)25-18)19(24)11-10-16(23)13-6-8-14(20)9-7-13/h2-9H,10-12H2,1H3. The second kappa shape index (κ2) is 7.76. The third-order valence-electron chi connectivity index (χ3n) is 3.87. The molecule has 1 heterocycles. The number of rotatable bonds is 6. The smallest absolute Gasteiger partial charge is 0.223 e. The topological polar surface area (TPSA) is 50.3 Å². The number of amides is 1. The zero-order valence-electron chi connectivity index (χ0n) is 13.7. The molecule has 1 aromatic heterocycles. The van der Waals surface area contributed by atoms with Crippen molar-refractivity contribution in [3.63, 3.8) is 0 Å². The van der Waals surface area contributed by atoms with Crippen molar-refractivity contribution in [3.05, 3.63) is 64.1 Å². The van der Waals surface area contributed by atoms with Gasteiger partial charge in [-0.15, -0.1) is 11.3 Å². The highest BCUT2D eigenvalue weighted by Gasteiger charge is 2.14. The van der Waals surface area contributed by atoms with Crippen LogP contribution < -0.4 is 0 Å². The number of Topliss-reactive ketones (excluding diaryl/α,β-unsaturated/α-hetero) is 1. The first kappa shape index (κ1) is 17.6. The van der Waals surface area contributed by atoms with Crippen LogP contribution in [0.25, 0.3) is 10.2 Å². The van der Waals surface area contributed by atoms with Crippen LogP contribution in [0, 0.1) is 0 Å². The van der Waals surface area contributed by atoms with E-state index >= 15 is 0 Å². The van der Waals surface area contributed by atoms with E-state index in [-0.39, 0.29) is 24.5 Å². The predicted octanol–water partition coefficient (Wildman–Crippen LogP) is 4.57. The molecule has 0 saturated heterocycles. The average molecular weight is 373 g/mol. The number of ketones is 1. The minimum Gasteiger partial charge on any atom is -0.339 e. The Kier molecular flexibility index (Phi) is 5.46. The lowest BCUT2D eigenvalue weighted by Gasteiger charge is -2.15. The summed E-state index contributed by atoms with van der Waals surface area (Å²) in [6, 6.07) is 14.6. The van der Waals surface area contributed by atoms with Crippen LogP contribution in [-0.4, -0.2) is 28.6 Å². The van der Waals surface area contributed by atoms with E-state index in [1.54, 1.807) is 47.5 Å². The van der Waals surface area contributed by atoms with Gasteiger partial charge in [-0.1, -0.05) is 23.7 Å². The molecule has 0 aliphatic rings. The monoisotopic (exact) mass is 372 g/mol. The van der Waals surface area contributed by atoms with E-state index in [4.69, 9.17) is 11.6 Å². The van der Waals surface area contributed by atoms with Crippen molar-refractivity contribution >= 4 is 44.8 Å². The number of para-hydroxylation sites is 1. The van der Waals surface area contributed by atoms with E-state index in [9.17, 15) is 9.59 Å². The molecule has 6 heteroatoms. The molecule has 4 nitrogen and oxygen atoms in total. The maximum Gasteiger partial charge on any atom is 0.223 e. The fourth-order valence-electron chi connectivity index (χ4n) is 2.47. The van der Waals surface area contributed by atoms with E-state index in [1.165, 1.54) is 0 Å². The van der Waals surface area contributed by atoms with Crippen molar-refractivity contribution in [2.24, 2.45) is 0 Å². The fourth-order valence-corrected chi connectivity index (χ4v) is 3.62. The number of hydrogen-bond acceptors (Lipinski definition) is 4. The summed E-state index contributed by atoms with van der Waals surface area (Å²) in [6.45, 7) is 0.452. The van der Waals surface area contributed by atoms with Crippen LogP contribution in [0.3, 0.4) is 0 Å². The molecule has 0 bridgehead atoms. The maximum atomic E-state index is 12.3. The predicted molar refractivity (Wildman–Crippen MR) is 101 cm³/mol. The first-order chi connectivity index (χ1) is 12.0. The van der Waals surface area contributed by atoms with Gasteiger partial charge in [0.05, 0.1) is 16.8 Å². The highest BCUT2D eigenvalue weighted by atomic mass is 35.5. The van der Waals surface area contributed by atoms with E-state index in [2.05, 4.69) is 4.98 Å². The van der Waals surface area contributed by atoms with E-state index < -0.39 is 0 Å². The molecule has 0 aliphatic heterocycles. The van der Waals surface area contributed by atoms with Crippen LogP contribution in [0.5, 0.6) is 0 Å². The second-order valence-electron chi connectivity index (χ2n) is 5.76. The van der Waals surface area contributed by atoms with Gasteiger partial charge in [-0.2, -0.15) is 0 Å². The van der Waals surface area contributed by atoms with Gasteiger partial charge in [0, 0.05) is 30.5 Å². The quantitative estimate of drug-likeness (QED) is 0.595. The largest absolute Gasteiger partial charge is 0.339 e. The Hall–Kier alpha value is -2.24. The summed E-state index contributed by atoms with van der Waals surface area (Å²) in [5.74, 6) is -0.125. The van der Waals surface area contributed by atoms with Crippen molar-refractivity contribution in [1.29, 1.82) is 0 Å². The van der Waals surface area contributed by atoms with Gasteiger partial charge in [0.2, 0.25) is 5.91 Å². The second-order valence-corrected chi connectivity index (χ2v) is 7.31. The summed E-state index contributed by atoms with van der Waals surface area (Å²) < 4.78 is 1.11. The Morgan fingerprint density at radius 3 is 2.52 bits per heavy atom. The molecule has 0 atom stereocenters. The zero-order chi connectivity index (χ0) is 17.8. The summed E-state index contributed by atoms with van der Waals surface area (Å²) in [6.07, 6.45) is 0.369. The summed E-state index contributed by atoms with van der Waals surface area (Å²) >= 11 is 7.40. The van der Waals surface area contributed by atoms with Gasteiger partial charge in [0.25, 0.3) is 0 Å². The molecule has 3 aromatic rings. The van der Waals surface area contributed by atoms with Gasteiger partial charge in [0.15, 0.2) is 5.78 Å². The number of thiazole rings is 1. The average Bonchev–Trinajstić information content (AvgIpc) is 3.02. The highest BCUT2D eigenvalue weighted by molar-refractivity contribution is 7.18. The SMILES string of the molecule is CN(Cc1nc2ccccc2s1)C(=O)CCC(=O)c1ccc(Cl)cc1. The van der Waals surface area contributed by atoms with Gasteiger partial charge in [-0.25, -0.2) is 4.98 Å². The number of halogens is 1. The zero-order valence-corrected chi connectivity index (χ0v) is 15.3. The van der Waals surface area contributed by atoms with Gasteiger partial charge in [-0.3, -0.25) is 9.59 Å². The molecule has 0 spiro atoms. The lowest BCUT2D eigenvalue weighted by atomic mass is 10.1. The number of benzene rings is 2.